The fourth-order valence-electron chi connectivity index (χ4n) is 2.09. The molecular formula is C14H18N4O4. The van der Waals surface area contributed by atoms with E-state index in [9.17, 15) is 14.4 Å². The average Bonchev–Trinajstić information content (AvgIpc) is 2.78. The number of anilines is 1. The fourth-order valence-corrected chi connectivity index (χ4v) is 2.09. The van der Waals surface area contributed by atoms with Gasteiger partial charge >= 0.3 is 6.03 Å². The van der Waals surface area contributed by atoms with Crippen LogP contribution in [-0.2, 0) is 9.59 Å². The van der Waals surface area contributed by atoms with Crippen LogP contribution in [-0.4, -0.2) is 30.5 Å². The number of hydrogen-bond donors (Lipinski definition) is 3. The highest BCUT2D eigenvalue weighted by molar-refractivity contribution is 6.22. The lowest BCUT2D eigenvalue weighted by Gasteiger charge is -2.16. The largest absolute Gasteiger partial charge is 0.494 e. The Morgan fingerprint density at radius 2 is 2.05 bits per heavy atom. The highest BCUT2D eigenvalue weighted by Gasteiger charge is 2.39. The molecule has 0 bridgehead atoms. The Bertz CT molecular complexity index is 573. The van der Waals surface area contributed by atoms with Crippen molar-refractivity contribution in [3.63, 3.8) is 0 Å². The van der Waals surface area contributed by atoms with Gasteiger partial charge in [0, 0.05) is 0 Å². The van der Waals surface area contributed by atoms with Gasteiger partial charge in [0.05, 0.1) is 18.7 Å². The first kappa shape index (κ1) is 15.8. The van der Waals surface area contributed by atoms with Crippen LogP contribution in [0.5, 0.6) is 5.75 Å². The topological polar surface area (TPSA) is 114 Å². The molecule has 0 spiro atoms. The predicted molar refractivity (Wildman–Crippen MR) is 79.0 cm³/mol. The SMILES string of the molecule is CCCOc1ccc(N2C(=O)CC(NNC(N)=O)C2=O)cc1. The van der Waals surface area contributed by atoms with E-state index in [4.69, 9.17) is 10.5 Å². The number of hydrogen-bond acceptors (Lipinski definition) is 5. The van der Waals surface area contributed by atoms with E-state index in [1.54, 1.807) is 24.3 Å². The number of carbonyl (C=O) groups is 3. The molecule has 1 atom stereocenters. The first-order valence-corrected chi connectivity index (χ1v) is 6.93. The van der Waals surface area contributed by atoms with E-state index >= 15 is 0 Å². The van der Waals surface area contributed by atoms with E-state index in [1.807, 2.05) is 6.92 Å². The standard InChI is InChI=1S/C14H18N4O4/c1-2-7-22-10-5-3-9(4-6-10)18-12(19)8-11(13(18)20)16-17-14(15)21/h3-6,11,16H,2,7-8H2,1H3,(H3,15,17,21). The minimum Gasteiger partial charge on any atom is -0.494 e. The summed E-state index contributed by atoms with van der Waals surface area (Å²) in [6.07, 6.45) is 0.845. The molecule has 1 aromatic carbocycles. The number of nitrogens with zero attached hydrogens (tertiary/aromatic N) is 1. The zero-order chi connectivity index (χ0) is 16.1. The molecule has 0 aliphatic carbocycles. The van der Waals surface area contributed by atoms with Gasteiger partial charge < -0.3 is 10.5 Å². The van der Waals surface area contributed by atoms with Crippen molar-refractivity contribution < 1.29 is 19.1 Å². The van der Waals surface area contributed by atoms with Crippen LogP contribution in [0.2, 0.25) is 0 Å². The average molecular weight is 306 g/mol. The third kappa shape index (κ3) is 3.53. The van der Waals surface area contributed by atoms with Gasteiger partial charge in [-0.05, 0) is 30.7 Å². The first-order chi connectivity index (χ1) is 10.5. The summed E-state index contributed by atoms with van der Waals surface area (Å²) in [6, 6.07) is 5.05. The van der Waals surface area contributed by atoms with Crippen molar-refractivity contribution in [3.8, 4) is 5.75 Å². The van der Waals surface area contributed by atoms with E-state index < -0.39 is 18.0 Å². The lowest BCUT2D eigenvalue weighted by molar-refractivity contribution is -0.121. The van der Waals surface area contributed by atoms with Crippen LogP contribution < -0.4 is 26.2 Å². The smallest absolute Gasteiger partial charge is 0.326 e. The number of urea groups is 1. The quantitative estimate of drug-likeness (QED) is 0.516. The van der Waals surface area contributed by atoms with Gasteiger partial charge in [0.2, 0.25) is 5.91 Å². The van der Waals surface area contributed by atoms with E-state index in [1.165, 1.54) is 0 Å². The summed E-state index contributed by atoms with van der Waals surface area (Å²) in [5.74, 6) is -0.119. The second kappa shape index (κ2) is 6.90. The highest BCUT2D eigenvalue weighted by Crippen LogP contribution is 2.25. The highest BCUT2D eigenvalue weighted by atomic mass is 16.5. The summed E-state index contributed by atoms with van der Waals surface area (Å²) in [4.78, 5) is 35.9. The Labute approximate surface area is 127 Å². The molecule has 8 heteroatoms. The number of amides is 4. The van der Waals surface area contributed by atoms with E-state index in [2.05, 4.69) is 10.9 Å². The number of benzene rings is 1. The third-order valence-corrected chi connectivity index (χ3v) is 3.08. The monoisotopic (exact) mass is 306 g/mol. The molecule has 0 aromatic heterocycles. The van der Waals surface area contributed by atoms with Gasteiger partial charge in [-0.2, -0.15) is 0 Å². The lowest BCUT2D eigenvalue weighted by Crippen LogP contribution is -2.50. The molecule has 1 aliphatic rings. The van der Waals surface area contributed by atoms with Crippen LogP contribution in [0, 0.1) is 0 Å². The summed E-state index contributed by atoms with van der Waals surface area (Å²) in [5.41, 5.74) is 9.93. The molecule has 1 aliphatic heterocycles. The van der Waals surface area contributed by atoms with Crippen molar-refractivity contribution in [2.75, 3.05) is 11.5 Å². The van der Waals surface area contributed by atoms with Crippen molar-refractivity contribution in [3.05, 3.63) is 24.3 Å². The van der Waals surface area contributed by atoms with Gasteiger partial charge in [0.25, 0.3) is 5.91 Å². The van der Waals surface area contributed by atoms with Crippen molar-refractivity contribution in [1.82, 2.24) is 10.9 Å². The number of nitrogens with two attached hydrogens (primary N) is 1. The van der Waals surface area contributed by atoms with E-state index in [0.29, 0.717) is 18.0 Å². The molecule has 118 valence electrons. The summed E-state index contributed by atoms with van der Waals surface area (Å²) < 4.78 is 5.45. The van der Waals surface area contributed by atoms with Crippen molar-refractivity contribution >= 4 is 23.5 Å². The number of carbonyl (C=O) groups excluding carboxylic acids is 3. The van der Waals surface area contributed by atoms with Gasteiger partial charge in [-0.25, -0.2) is 15.1 Å². The van der Waals surface area contributed by atoms with E-state index in [-0.39, 0.29) is 12.3 Å². The Morgan fingerprint density at radius 3 is 2.64 bits per heavy atom. The van der Waals surface area contributed by atoms with Gasteiger partial charge in [-0.15, -0.1) is 0 Å². The van der Waals surface area contributed by atoms with Gasteiger partial charge in [-0.1, -0.05) is 6.92 Å². The first-order valence-electron chi connectivity index (χ1n) is 6.93. The maximum Gasteiger partial charge on any atom is 0.326 e. The Balaban J connectivity index is 2.06. The second-order valence-electron chi connectivity index (χ2n) is 4.80. The molecule has 22 heavy (non-hydrogen) atoms. The molecule has 2 rings (SSSR count). The lowest BCUT2D eigenvalue weighted by atomic mass is 10.2. The molecule has 1 aromatic rings. The summed E-state index contributed by atoms with van der Waals surface area (Å²) in [5, 5.41) is 0. The van der Waals surface area contributed by atoms with Crippen LogP contribution in [0.1, 0.15) is 19.8 Å². The van der Waals surface area contributed by atoms with Crippen LogP contribution in [0.25, 0.3) is 0 Å². The van der Waals surface area contributed by atoms with Crippen LogP contribution in [0.3, 0.4) is 0 Å². The normalized spacial score (nSPS) is 17.7. The molecule has 4 amide bonds. The number of nitrogens with one attached hydrogen (secondary N) is 2. The molecule has 4 N–H and O–H groups in total. The molecule has 0 saturated carbocycles. The van der Waals surface area contributed by atoms with Crippen LogP contribution in [0.15, 0.2) is 24.3 Å². The molecular weight excluding hydrogens is 288 g/mol. The van der Waals surface area contributed by atoms with E-state index in [0.717, 1.165) is 11.3 Å². The van der Waals surface area contributed by atoms with Gasteiger partial charge in [0.15, 0.2) is 0 Å². The minimum absolute atomic E-state index is 0.0484. The number of imide groups is 1. The zero-order valence-corrected chi connectivity index (χ0v) is 12.2. The summed E-state index contributed by atoms with van der Waals surface area (Å²) >= 11 is 0. The third-order valence-electron chi connectivity index (χ3n) is 3.08. The summed E-state index contributed by atoms with van der Waals surface area (Å²) in [6.45, 7) is 2.61. The second-order valence-corrected chi connectivity index (χ2v) is 4.80. The number of primary amides is 1. The van der Waals surface area contributed by atoms with Crippen LogP contribution in [0.4, 0.5) is 10.5 Å². The number of hydrazine groups is 1. The maximum atomic E-state index is 12.2. The molecule has 8 nitrogen and oxygen atoms in total. The van der Waals surface area contributed by atoms with Crippen LogP contribution >= 0.6 is 0 Å². The minimum atomic E-state index is -0.823. The van der Waals surface area contributed by atoms with Gasteiger partial charge in [-0.3, -0.25) is 15.0 Å². The fraction of sp³-hybridized carbons (Fsp3) is 0.357. The molecule has 1 unspecified atom stereocenters. The Morgan fingerprint density at radius 1 is 1.36 bits per heavy atom. The van der Waals surface area contributed by atoms with Gasteiger partial charge in [0.1, 0.15) is 11.8 Å². The van der Waals surface area contributed by atoms with Crippen molar-refractivity contribution in [2.45, 2.75) is 25.8 Å². The van der Waals surface area contributed by atoms with Crippen molar-refractivity contribution in [2.24, 2.45) is 5.73 Å². The molecule has 1 fully saturated rings. The predicted octanol–water partition coefficient (Wildman–Crippen LogP) is 0.280. The maximum absolute atomic E-state index is 12.2. The zero-order valence-electron chi connectivity index (χ0n) is 12.2. The number of rotatable bonds is 6. The Kier molecular flexibility index (Phi) is 4.95. The summed E-state index contributed by atoms with van der Waals surface area (Å²) in [7, 11) is 0. The molecule has 0 radical (unpaired) electrons. The molecule has 1 saturated heterocycles. The number of ether oxygens (including phenoxy) is 1. The Hall–Kier alpha value is -2.61. The van der Waals surface area contributed by atoms with Crippen molar-refractivity contribution in [1.29, 1.82) is 0 Å². The molecule has 1 heterocycles.